The highest BCUT2D eigenvalue weighted by molar-refractivity contribution is 5.73. The summed E-state index contributed by atoms with van der Waals surface area (Å²) in [5, 5.41) is 11.8. The number of hydrogen-bond donors (Lipinski definition) is 1. The normalized spacial score (nSPS) is 19.0. The van der Waals surface area contributed by atoms with Gasteiger partial charge in [0.25, 0.3) is 0 Å². The van der Waals surface area contributed by atoms with Gasteiger partial charge in [-0.2, -0.15) is 18.3 Å². The Bertz CT molecular complexity index is 793. The van der Waals surface area contributed by atoms with Crippen molar-refractivity contribution in [2.24, 2.45) is 5.92 Å². The first-order chi connectivity index (χ1) is 12.7. The zero-order valence-corrected chi connectivity index (χ0v) is 15.1. The predicted molar refractivity (Wildman–Crippen MR) is 92.6 cm³/mol. The molecule has 1 saturated heterocycles. The average Bonchev–Trinajstić information content (AvgIpc) is 3.31. The zero-order chi connectivity index (χ0) is 19.6. The molecule has 148 valence electrons. The van der Waals surface area contributed by atoms with E-state index in [1.165, 1.54) is 50.9 Å². The molecule has 1 N–H and O–H groups in total. The summed E-state index contributed by atoms with van der Waals surface area (Å²) in [7, 11) is 0. The highest BCUT2D eigenvalue weighted by atomic mass is 19.4. The lowest BCUT2D eigenvalue weighted by Gasteiger charge is -2.30. The van der Waals surface area contributed by atoms with E-state index in [0.717, 1.165) is 17.4 Å². The molecule has 3 heterocycles. The maximum atomic E-state index is 10.6. The molecule has 0 spiro atoms. The van der Waals surface area contributed by atoms with E-state index >= 15 is 0 Å². The minimum absolute atomic E-state index is 0.547. The molecule has 0 amide bonds. The molecule has 0 radical (unpaired) electrons. The van der Waals surface area contributed by atoms with E-state index in [9.17, 15) is 13.2 Å². The number of aryl methyl sites for hydroxylation is 1. The van der Waals surface area contributed by atoms with Crippen molar-refractivity contribution in [1.82, 2.24) is 19.5 Å². The number of rotatable bonds is 3. The lowest BCUT2D eigenvalue weighted by Crippen LogP contribution is -2.34. The highest BCUT2D eigenvalue weighted by Gasteiger charge is 2.38. The Hall–Kier alpha value is -2.16. The van der Waals surface area contributed by atoms with Crippen LogP contribution in [0.15, 0.2) is 18.3 Å². The molecule has 0 unspecified atom stereocenters. The Labute approximate surface area is 155 Å². The fraction of sp³-hybridized carbons (Fsp3) is 0.611. The molecule has 4 rings (SSSR count). The van der Waals surface area contributed by atoms with Crippen LogP contribution in [-0.2, 0) is 4.79 Å². The number of carboxylic acid groups (broad SMARTS) is 1. The SMILES string of the molecule is Cc1ccc2nc(C3CCN(CC4CC4)CC3)nn2c1.O=C(O)C(F)(F)F. The second-order valence-corrected chi connectivity index (χ2v) is 7.30. The number of hydrogen-bond acceptors (Lipinski definition) is 4. The van der Waals surface area contributed by atoms with Crippen LogP contribution in [0.4, 0.5) is 13.2 Å². The second kappa shape index (κ2) is 7.84. The summed E-state index contributed by atoms with van der Waals surface area (Å²) in [6.07, 6.45) is 2.31. The van der Waals surface area contributed by atoms with Crippen molar-refractivity contribution < 1.29 is 23.1 Å². The molecule has 1 aliphatic carbocycles. The van der Waals surface area contributed by atoms with Gasteiger partial charge in [-0.05, 0) is 63.2 Å². The van der Waals surface area contributed by atoms with Gasteiger partial charge < -0.3 is 10.0 Å². The summed E-state index contributed by atoms with van der Waals surface area (Å²) in [6, 6.07) is 4.17. The molecule has 2 aromatic rings. The molecule has 6 nitrogen and oxygen atoms in total. The van der Waals surface area contributed by atoms with Gasteiger partial charge in [-0.3, -0.25) is 0 Å². The Kier molecular flexibility index (Phi) is 5.69. The van der Waals surface area contributed by atoms with E-state index in [-0.39, 0.29) is 0 Å². The number of aliphatic carboxylic acids is 1. The molecule has 1 aliphatic heterocycles. The van der Waals surface area contributed by atoms with Crippen LogP contribution in [0.5, 0.6) is 0 Å². The number of fused-ring (bicyclic) bond motifs is 1. The Morgan fingerprint density at radius 2 is 1.85 bits per heavy atom. The third kappa shape index (κ3) is 5.41. The van der Waals surface area contributed by atoms with E-state index in [2.05, 4.69) is 35.3 Å². The van der Waals surface area contributed by atoms with Crippen LogP contribution >= 0.6 is 0 Å². The van der Waals surface area contributed by atoms with Crippen LogP contribution in [0.2, 0.25) is 0 Å². The maximum absolute atomic E-state index is 10.6. The highest BCUT2D eigenvalue weighted by Crippen LogP contribution is 2.32. The van der Waals surface area contributed by atoms with Crippen molar-refractivity contribution in [3.05, 3.63) is 29.7 Å². The van der Waals surface area contributed by atoms with Crippen molar-refractivity contribution in [2.45, 2.75) is 44.7 Å². The lowest BCUT2D eigenvalue weighted by atomic mass is 9.96. The van der Waals surface area contributed by atoms with Crippen LogP contribution in [0.25, 0.3) is 5.65 Å². The van der Waals surface area contributed by atoms with Gasteiger partial charge in [0.15, 0.2) is 11.5 Å². The quantitative estimate of drug-likeness (QED) is 0.880. The summed E-state index contributed by atoms with van der Waals surface area (Å²) < 4.78 is 33.7. The molecule has 0 atom stereocenters. The van der Waals surface area contributed by atoms with Crippen LogP contribution in [0, 0.1) is 12.8 Å². The Morgan fingerprint density at radius 1 is 1.22 bits per heavy atom. The molecule has 0 aromatic carbocycles. The van der Waals surface area contributed by atoms with Gasteiger partial charge in [-0.25, -0.2) is 14.3 Å². The first-order valence-electron chi connectivity index (χ1n) is 9.08. The van der Waals surface area contributed by atoms with E-state index in [1.807, 2.05) is 4.52 Å². The summed E-state index contributed by atoms with van der Waals surface area (Å²) >= 11 is 0. The maximum Gasteiger partial charge on any atom is 0.490 e. The van der Waals surface area contributed by atoms with Gasteiger partial charge >= 0.3 is 12.1 Å². The summed E-state index contributed by atoms with van der Waals surface area (Å²) in [5.41, 5.74) is 2.21. The van der Waals surface area contributed by atoms with Gasteiger partial charge in [0.1, 0.15) is 0 Å². The first kappa shape index (κ1) is 19.6. The minimum Gasteiger partial charge on any atom is -0.475 e. The molecule has 1 saturated carbocycles. The van der Waals surface area contributed by atoms with E-state index < -0.39 is 12.1 Å². The number of likely N-dealkylation sites (tertiary alicyclic amines) is 1. The van der Waals surface area contributed by atoms with Crippen molar-refractivity contribution in [1.29, 1.82) is 0 Å². The number of piperidine rings is 1. The molecule has 2 fully saturated rings. The monoisotopic (exact) mass is 384 g/mol. The number of carbonyl (C=O) groups is 1. The number of nitrogens with zero attached hydrogens (tertiary/aromatic N) is 4. The van der Waals surface area contributed by atoms with Crippen LogP contribution in [0.1, 0.15) is 43.0 Å². The number of pyridine rings is 1. The van der Waals surface area contributed by atoms with E-state index in [0.29, 0.717) is 5.92 Å². The number of halogens is 3. The molecule has 27 heavy (non-hydrogen) atoms. The van der Waals surface area contributed by atoms with Gasteiger partial charge in [-0.1, -0.05) is 6.07 Å². The fourth-order valence-corrected chi connectivity index (χ4v) is 3.22. The number of aromatic nitrogens is 3. The van der Waals surface area contributed by atoms with E-state index in [1.54, 1.807) is 0 Å². The molecule has 9 heteroatoms. The molecular formula is C18H23F3N4O2. The summed E-state index contributed by atoms with van der Waals surface area (Å²) in [5.74, 6) is -0.164. The van der Waals surface area contributed by atoms with Gasteiger partial charge in [0.2, 0.25) is 0 Å². The molecule has 2 aromatic heterocycles. The van der Waals surface area contributed by atoms with Gasteiger partial charge in [0.05, 0.1) is 0 Å². The standard InChI is InChI=1S/C16H22N4.C2HF3O2/c1-12-2-5-15-17-16(18-20(15)10-12)14-6-8-19(9-7-14)11-13-3-4-13;3-2(4,5)1(6)7/h2,5,10,13-14H,3-4,6-9,11H2,1H3;(H,6,7). The summed E-state index contributed by atoms with van der Waals surface area (Å²) in [6.45, 7) is 5.85. The topological polar surface area (TPSA) is 70.7 Å². The van der Waals surface area contributed by atoms with Crippen molar-refractivity contribution in [2.75, 3.05) is 19.6 Å². The lowest BCUT2D eigenvalue weighted by molar-refractivity contribution is -0.192. The fourth-order valence-electron chi connectivity index (χ4n) is 3.22. The van der Waals surface area contributed by atoms with Crippen molar-refractivity contribution >= 4 is 11.6 Å². The smallest absolute Gasteiger partial charge is 0.475 e. The molecule has 0 bridgehead atoms. The largest absolute Gasteiger partial charge is 0.490 e. The predicted octanol–water partition coefficient (Wildman–Crippen LogP) is 3.26. The first-order valence-corrected chi connectivity index (χ1v) is 9.08. The minimum atomic E-state index is -5.08. The Morgan fingerprint density at radius 3 is 2.41 bits per heavy atom. The van der Waals surface area contributed by atoms with Crippen LogP contribution < -0.4 is 0 Å². The number of alkyl halides is 3. The van der Waals surface area contributed by atoms with Crippen LogP contribution in [-0.4, -0.2) is 56.4 Å². The van der Waals surface area contributed by atoms with E-state index in [4.69, 9.17) is 14.9 Å². The third-order valence-corrected chi connectivity index (χ3v) is 4.90. The average molecular weight is 384 g/mol. The molecular weight excluding hydrogens is 361 g/mol. The zero-order valence-electron chi connectivity index (χ0n) is 15.1. The van der Waals surface area contributed by atoms with Gasteiger partial charge in [0, 0.05) is 18.7 Å². The molecule has 2 aliphatic rings. The summed E-state index contributed by atoms with van der Waals surface area (Å²) in [4.78, 5) is 16.2. The third-order valence-electron chi connectivity index (χ3n) is 4.90. The van der Waals surface area contributed by atoms with Crippen molar-refractivity contribution in [3.8, 4) is 0 Å². The van der Waals surface area contributed by atoms with Crippen LogP contribution in [0.3, 0.4) is 0 Å². The second-order valence-electron chi connectivity index (χ2n) is 7.30. The number of carboxylic acids is 1. The van der Waals surface area contributed by atoms with Crippen molar-refractivity contribution in [3.63, 3.8) is 0 Å². The Balaban J connectivity index is 0.000000260. The van der Waals surface area contributed by atoms with Gasteiger partial charge in [-0.15, -0.1) is 0 Å².